The standard InChI is InChI=1S/C12H26N2O2/c1-3-5-14(12-10-13-11-12)6-9-16-8-4-7-15-2/h12-13H,3-11H2,1-2H3. The highest BCUT2D eigenvalue weighted by Gasteiger charge is 2.23. The third-order valence-corrected chi connectivity index (χ3v) is 2.95. The van der Waals surface area contributed by atoms with Gasteiger partial charge in [-0.1, -0.05) is 6.92 Å². The highest BCUT2D eigenvalue weighted by molar-refractivity contribution is 4.84. The van der Waals surface area contributed by atoms with Gasteiger partial charge in [0.05, 0.1) is 6.61 Å². The fraction of sp³-hybridized carbons (Fsp3) is 1.00. The van der Waals surface area contributed by atoms with E-state index in [2.05, 4.69) is 17.1 Å². The Labute approximate surface area is 99.3 Å². The molecular formula is C12H26N2O2. The molecule has 0 spiro atoms. The van der Waals surface area contributed by atoms with Crippen LogP contribution in [0.3, 0.4) is 0 Å². The second-order valence-corrected chi connectivity index (χ2v) is 4.31. The molecule has 16 heavy (non-hydrogen) atoms. The van der Waals surface area contributed by atoms with Crippen LogP contribution in [0.5, 0.6) is 0 Å². The van der Waals surface area contributed by atoms with Crippen LogP contribution in [0.2, 0.25) is 0 Å². The third-order valence-electron chi connectivity index (χ3n) is 2.95. The molecule has 4 nitrogen and oxygen atoms in total. The van der Waals surface area contributed by atoms with Gasteiger partial charge in [-0.25, -0.2) is 0 Å². The largest absolute Gasteiger partial charge is 0.385 e. The van der Waals surface area contributed by atoms with Gasteiger partial charge >= 0.3 is 0 Å². The summed E-state index contributed by atoms with van der Waals surface area (Å²) in [6.07, 6.45) is 2.22. The molecule has 1 aliphatic heterocycles. The van der Waals surface area contributed by atoms with Crippen molar-refractivity contribution in [1.82, 2.24) is 10.2 Å². The molecule has 0 radical (unpaired) electrons. The summed E-state index contributed by atoms with van der Waals surface area (Å²) in [5.41, 5.74) is 0. The third kappa shape index (κ3) is 5.25. The van der Waals surface area contributed by atoms with Crippen molar-refractivity contribution in [2.24, 2.45) is 0 Å². The molecule has 0 amide bonds. The molecular weight excluding hydrogens is 204 g/mol. The minimum atomic E-state index is 0.738. The predicted octanol–water partition coefficient (Wildman–Crippen LogP) is 0.723. The average molecular weight is 230 g/mol. The van der Waals surface area contributed by atoms with E-state index in [-0.39, 0.29) is 0 Å². The molecule has 0 atom stereocenters. The first-order valence-electron chi connectivity index (χ1n) is 6.40. The van der Waals surface area contributed by atoms with E-state index < -0.39 is 0 Å². The van der Waals surface area contributed by atoms with Crippen molar-refractivity contribution < 1.29 is 9.47 Å². The summed E-state index contributed by atoms with van der Waals surface area (Å²) >= 11 is 0. The lowest BCUT2D eigenvalue weighted by Crippen LogP contribution is -2.57. The van der Waals surface area contributed by atoms with Crippen molar-refractivity contribution in [2.45, 2.75) is 25.8 Å². The van der Waals surface area contributed by atoms with E-state index in [1.54, 1.807) is 7.11 Å². The lowest BCUT2D eigenvalue weighted by atomic mass is 10.1. The molecule has 1 heterocycles. The molecule has 0 aromatic heterocycles. The van der Waals surface area contributed by atoms with Crippen molar-refractivity contribution in [3.8, 4) is 0 Å². The smallest absolute Gasteiger partial charge is 0.0593 e. The number of nitrogens with one attached hydrogen (secondary N) is 1. The first-order valence-corrected chi connectivity index (χ1v) is 6.40. The summed E-state index contributed by atoms with van der Waals surface area (Å²) in [6, 6.07) is 0.738. The van der Waals surface area contributed by atoms with Crippen LogP contribution in [0.25, 0.3) is 0 Å². The van der Waals surface area contributed by atoms with Gasteiger partial charge in [-0.3, -0.25) is 4.90 Å². The summed E-state index contributed by atoms with van der Waals surface area (Å²) in [5.74, 6) is 0. The molecule has 1 rings (SSSR count). The zero-order valence-electron chi connectivity index (χ0n) is 10.7. The van der Waals surface area contributed by atoms with Crippen LogP contribution in [0.15, 0.2) is 0 Å². The summed E-state index contributed by atoms with van der Waals surface area (Å²) in [4.78, 5) is 2.53. The molecule has 0 bridgehead atoms. The van der Waals surface area contributed by atoms with Gasteiger partial charge in [0.25, 0.3) is 0 Å². The van der Waals surface area contributed by atoms with Crippen molar-refractivity contribution in [1.29, 1.82) is 0 Å². The maximum atomic E-state index is 5.59. The van der Waals surface area contributed by atoms with Crippen molar-refractivity contribution >= 4 is 0 Å². The fourth-order valence-electron chi connectivity index (χ4n) is 1.88. The van der Waals surface area contributed by atoms with E-state index in [0.717, 1.165) is 51.9 Å². The lowest BCUT2D eigenvalue weighted by molar-refractivity contribution is 0.0616. The quantitative estimate of drug-likeness (QED) is 0.561. The molecule has 1 fully saturated rings. The number of methoxy groups -OCH3 is 1. The Morgan fingerprint density at radius 2 is 2.00 bits per heavy atom. The summed E-state index contributed by atoms with van der Waals surface area (Å²) in [6.45, 7) is 9.23. The highest BCUT2D eigenvalue weighted by atomic mass is 16.5. The van der Waals surface area contributed by atoms with Gasteiger partial charge in [-0.15, -0.1) is 0 Å². The molecule has 0 aromatic rings. The van der Waals surface area contributed by atoms with Crippen molar-refractivity contribution in [3.63, 3.8) is 0 Å². The molecule has 0 saturated carbocycles. The topological polar surface area (TPSA) is 33.7 Å². The average Bonchev–Trinajstić information content (AvgIpc) is 2.21. The molecule has 0 unspecified atom stereocenters. The number of ether oxygens (including phenoxy) is 2. The summed E-state index contributed by atoms with van der Waals surface area (Å²) in [7, 11) is 1.73. The predicted molar refractivity (Wildman–Crippen MR) is 65.8 cm³/mol. The molecule has 1 aliphatic rings. The zero-order valence-corrected chi connectivity index (χ0v) is 10.7. The Balaban J connectivity index is 1.98. The van der Waals surface area contributed by atoms with Crippen LogP contribution in [-0.2, 0) is 9.47 Å². The number of nitrogens with zero attached hydrogens (tertiary/aromatic N) is 1. The van der Waals surface area contributed by atoms with E-state index in [1.807, 2.05) is 0 Å². The molecule has 1 saturated heterocycles. The summed E-state index contributed by atoms with van der Waals surface area (Å²) < 4.78 is 10.6. The Kier molecular flexibility index (Phi) is 7.76. The molecule has 96 valence electrons. The maximum Gasteiger partial charge on any atom is 0.0593 e. The minimum absolute atomic E-state index is 0.738. The van der Waals surface area contributed by atoms with Gasteiger partial charge in [0.15, 0.2) is 0 Å². The van der Waals surface area contributed by atoms with Crippen LogP contribution in [0.1, 0.15) is 19.8 Å². The summed E-state index contributed by atoms with van der Waals surface area (Å²) in [5, 5.41) is 3.32. The molecule has 1 N–H and O–H groups in total. The second-order valence-electron chi connectivity index (χ2n) is 4.31. The van der Waals surface area contributed by atoms with E-state index >= 15 is 0 Å². The van der Waals surface area contributed by atoms with E-state index in [0.29, 0.717) is 0 Å². The first-order chi connectivity index (χ1) is 7.88. The van der Waals surface area contributed by atoms with E-state index in [9.17, 15) is 0 Å². The van der Waals surface area contributed by atoms with Crippen LogP contribution in [-0.4, -0.2) is 64.1 Å². The van der Waals surface area contributed by atoms with Crippen molar-refractivity contribution in [3.05, 3.63) is 0 Å². The van der Waals surface area contributed by atoms with E-state index in [1.165, 1.54) is 13.0 Å². The fourth-order valence-corrected chi connectivity index (χ4v) is 1.88. The van der Waals surface area contributed by atoms with Gasteiger partial charge in [0.1, 0.15) is 0 Å². The van der Waals surface area contributed by atoms with Gasteiger partial charge < -0.3 is 14.8 Å². The number of hydrogen-bond acceptors (Lipinski definition) is 4. The Morgan fingerprint density at radius 3 is 2.56 bits per heavy atom. The van der Waals surface area contributed by atoms with Crippen LogP contribution in [0, 0.1) is 0 Å². The number of rotatable bonds is 10. The first kappa shape index (κ1) is 13.9. The Hall–Kier alpha value is -0.160. The van der Waals surface area contributed by atoms with Crippen LogP contribution >= 0.6 is 0 Å². The normalized spacial score (nSPS) is 16.7. The van der Waals surface area contributed by atoms with Gasteiger partial charge in [0, 0.05) is 46.0 Å². The molecule has 0 aromatic carbocycles. The molecule has 0 aliphatic carbocycles. The minimum Gasteiger partial charge on any atom is -0.385 e. The van der Waals surface area contributed by atoms with Gasteiger partial charge in [-0.05, 0) is 19.4 Å². The molecule has 4 heteroatoms. The van der Waals surface area contributed by atoms with Crippen LogP contribution < -0.4 is 5.32 Å². The van der Waals surface area contributed by atoms with Crippen molar-refractivity contribution in [2.75, 3.05) is 53.1 Å². The van der Waals surface area contributed by atoms with Crippen LogP contribution in [0.4, 0.5) is 0 Å². The van der Waals surface area contributed by atoms with Gasteiger partial charge in [-0.2, -0.15) is 0 Å². The number of hydrogen-bond donors (Lipinski definition) is 1. The Bertz CT molecular complexity index is 163. The van der Waals surface area contributed by atoms with Gasteiger partial charge in [0.2, 0.25) is 0 Å². The second kappa shape index (κ2) is 8.93. The van der Waals surface area contributed by atoms with E-state index in [4.69, 9.17) is 9.47 Å². The maximum absolute atomic E-state index is 5.59. The lowest BCUT2D eigenvalue weighted by Gasteiger charge is -2.38. The zero-order chi connectivity index (χ0) is 11.6. The SMILES string of the molecule is CCCN(CCOCCCOC)C1CNC1. The highest BCUT2D eigenvalue weighted by Crippen LogP contribution is 2.05. The monoisotopic (exact) mass is 230 g/mol. The Morgan fingerprint density at radius 1 is 1.19 bits per heavy atom.